The molecule has 2 aromatic rings. The molecule has 0 saturated carbocycles. The van der Waals surface area contributed by atoms with Crippen molar-refractivity contribution >= 4 is 23.4 Å². The summed E-state index contributed by atoms with van der Waals surface area (Å²) in [5, 5.41) is 0.668. The second kappa shape index (κ2) is 6.27. The van der Waals surface area contributed by atoms with Gasteiger partial charge in [0.15, 0.2) is 22.4 Å². The van der Waals surface area contributed by atoms with E-state index in [1.807, 2.05) is 24.5 Å². The van der Waals surface area contributed by atoms with Gasteiger partial charge in [-0.15, -0.1) is 0 Å². The highest BCUT2D eigenvalue weighted by Crippen LogP contribution is 2.48. The van der Waals surface area contributed by atoms with Crippen LogP contribution in [0.15, 0.2) is 34.5 Å². The second-order valence-electron chi connectivity index (χ2n) is 6.97. The van der Waals surface area contributed by atoms with Crippen LogP contribution in [-0.2, 0) is 11.2 Å². The van der Waals surface area contributed by atoms with Gasteiger partial charge in [0.25, 0.3) is 0 Å². The molecular weight excluding hydrogens is 362 g/mol. The van der Waals surface area contributed by atoms with Gasteiger partial charge in [0.1, 0.15) is 5.82 Å². The van der Waals surface area contributed by atoms with Gasteiger partial charge < -0.3 is 15.2 Å². The van der Waals surface area contributed by atoms with Crippen molar-refractivity contribution in [1.29, 1.82) is 0 Å². The summed E-state index contributed by atoms with van der Waals surface area (Å²) in [6.45, 7) is 0.218. The van der Waals surface area contributed by atoms with Crippen LogP contribution in [0.5, 0.6) is 11.5 Å². The summed E-state index contributed by atoms with van der Waals surface area (Å²) in [6.07, 6.45) is 5.03. The summed E-state index contributed by atoms with van der Waals surface area (Å²) >= 11 is 1.48. The molecule has 7 heteroatoms. The molecule has 0 saturated heterocycles. The van der Waals surface area contributed by atoms with Crippen molar-refractivity contribution < 1.29 is 14.3 Å². The topological polar surface area (TPSA) is 87.3 Å². The molecule has 0 spiro atoms. The van der Waals surface area contributed by atoms with Crippen molar-refractivity contribution in [2.75, 3.05) is 18.8 Å². The Morgan fingerprint density at radius 1 is 1.19 bits per heavy atom. The summed E-state index contributed by atoms with van der Waals surface area (Å²) in [4.78, 5) is 22.1. The minimum atomic E-state index is -0.248. The van der Waals surface area contributed by atoms with Gasteiger partial charge in [-0.3, -0.25) is 4.79 Å². The number of hydrogen-bond acceptors (Lipinski definition) is 7. The van der Waals surface area contributed by atoms with Crippen LogP contribution in [0.3, 0.4) is 0 Å². The van der Waals surface area contributed by atoms with E-state index in [4.69, 9.17) is 20.2 Å². The zero-order valence-corrected chi connectivity index (χ0v) is 15.8. The molecule has 0 fully saturated rings. The molecule has 1 aliphatic heterocycles. The van der Waals surface area contributed by atoms with Gasteiger partial charge in [0, 0.05) is 29.9 Å². The van der Waals surface area contributed by atoms with Gasteiger partial charge in [0.2, 0.25) is 6.79 Å². The molecule has 138 valence electrons. The fourth-order valence-corrected chi connectivity index (χ4v) is 4.69. The molecule has 0 radical (unpaired) electrons. The fraction of sp³-hybridized carbons (Fsp3) is 0.350. The van der Waals surface area contributed by atoms with E-state index in [1.54, 1.807) is 0 Å². The van der Waals surface area contributed by atoms with Gasteiger partial charge in [-0.2, -0.15) is 0 Å². The SMILES string of the molecule is CSc1nc(N)c2c(n1)CC1=C(C(=O)CCC1)C2c1ccc2c(c1)OCO2. The van der Waals surface area contributed by atoms with Crippen LogP contribution in [0.4, 0.5) is 5.82 Å². The van der Waals surface area contributed by atoms with Crippen molar-refractivity contribution in [3.63, 3.8) is 0 Å². The number of allylic oxidation sites excluding steroid dienone is 2. The minimum absolute atomic E-state index is 0.206. The summed E-state index contributed by atoms with van der Waals surface area (Å²) in [5.41, 5.74) is 11.2. The van der Waals surface area contributed by atoms with E-state index in [-0.39, 0.29) is 18.5 Å². The number of carbonyl (C=O) groups is 1. The van der Waals surface area contributed by atoms with Gasteiger partial charge in [-0.1, -0.05) is 23.4 Å². The van der Waals surface area contributed by atoms with Crippen LogP contribution >= 0.6 is 11.8 Å². The quantitative estimate of drug-likeness (QED) is 0.631. The average molecular weight is 381 g/mol. The molecule has 1 aromatic carbocycles. The Morgan fingerprint density at radius 3 is 2.89 bits per heavy atom. The van der Waals surface area contributed by atoms with Crippen LogP contribution in [0.2, 0.25) is 0 Å². The standard InChI is InChI=1S/C20H19N3O3S/c1-27-20-22-12-7-10-3-2-4-13(24)16(10)17(18(12)19(21)23-20)11-5-6-14-15(8-11)26-9-25-14/h5-6,8,17H,2-4,7,9H2,1H3,(H2,21,22,23). The number of anilines is 1. The molecule has 27 heavy (non-hydrogen) atoms. The second-order valence-corrected chi connectivity index (χ2v) is 7.75. The Bertz CT molecular complexity index is 1000. The smallest absolute Gasteiger partial charge is 0.231 e. The number of rotatable bonds is 2. The summed E-state index contributed by atoms with van der Waals surface area (Å²) in [6, 6.07) is 5.84. The number of thioether (sulfide) groups is 1. The van der Waals surface area contributed by atoms with Crippen molar-refractivity contribution in [2.24, 2.45) is 0 Å². The number of benzene rings is 1. The van der Waals surface area contributed by atoms with Gasteiger partial charge >= 0.3 is 0 Å². The van der Waals surface area contributed by atoms with E-state index in [0.29, 0.717) is 29.6 Å². The van der Waals surface area contributed by atoms with Crippen molar-refractivity contribution in [3.05, 3.63) is 46.2 Å². The minimum Gasteiger partial charge on any atom is -0.454 e. The highest BCUT2D eigenvalue weighted by atomic mass is 32.2. The zero-order chi connectivity index (χ0) is 18.5. The molecule has 5 rings (SSSR count). The lowest BCUT2D eigenvalue weighted by Gasteiger charge is -2.33. The maximum atomic E-state index is 12.9. The maximum absolute atomic E-state index is 12.9. The van der Waals surface area contributed by atoms with E-state index >= 15 is 0 Å². The van der Waals surface area contributed by atoms with Crippen molar-refractivity contribution in [3.8, 4) is 11.5 Å². The third-order valence-corrected chi connectivity index (χ3v) is 6.02. The monoisotopic (exact) mass is 381 g/mol. The third-order valence-electron chi connectivity index (χ3n) is 5.47. The Balaban J connectivity index is 1.74. The number of Topliss-reactive ketones (excluding diaryl/α,β-unsaturated/α-hetero) is 1. The highest BCUT2D eigenvalue weighted by Gasteiger charge is 2.38. The Labute approximate surface area is 161 Å². The van der Waals surface area contributed by atoms with E-state index < -0.39 is 0 Å². The lowest BCUT2D eigenvalue weighted by molar-refractivity contribution is -0.116. The maximum Gasteiger partial charge on any atom is 0.231 e. The molecule has 1 unspecified atom stereocenters. The van der Waals surface area contributed by atoms with E-state index in [9.17, 15) is 4.79 Å². The Hall–Kier alpha value is -2.54. The van der Waals surface area contributed by atoms with Crippen LogP contribution < -0.4 is 15.2 Å². The first-order valence-corrected chi connectivity index (χ1v) is 10.2. The lowest BCUT2D eigenvalue weighted by Crippen LogP contribution is -2.27. The molecule has 0 amide bonds. The van der Waals surface area contributed by atoms with Crippen molar-refractivity contribution in [1.82, 2.24) is 9.97 Å². The van der Waals surface area contributed by atoms with Crippen LogP contribution in [0.1, 0.15) is 42.0 Å². The third kappa shape index (κ3) is 2.60. The van der Waals surface area contributed by atoms with Gasteiger partial charge in [0.05, 0.1) is 5.69 Å². The molecule has 2 aliphatic carbocycles. The summed E-state index contributed by atoms with van der Waals surface area (Å²) < 4.78 is 11.0. The van der Waals surface area contributed by atoms with Crippen LogP contribution in [-0.4, -0.2) is 28.8 Å². The first-order chi connectivity index (χ1) is 13.2. The van der Waals surface area contributed by atoms with Crippen molar-refractivity contribution in [2.45, 2.75) is 36.8 Å². The van der Waals surface area contributed by atoms with Crippen LogP contribution in [0, 0.1) is 0 Å². The Morgan fingerprint density at radius 2 is 2.04 bits per heavy atom. The number of nitrogens with zero attached hydrogens (tertiary/aromatic N) is 2. The van der Waals surface area contributed by atoms with E-state index in [1.165, 1.54) is 17.3 Å². The fourth-order valence-electron chi connectivity index (χ4n) is 4.30. The predicted octanol–water partition coefficient (Wildman–Crippen LogP) is 3.25. The molecular formula is C20H19N3O3S. The molecule has 2 heterocycles. The first kappa shape index (κ1) is 16.6. The number of carbonyl (C=O) groups excluding carboxylic acids is 1. The molecule has 0 bridgehead atoms. The van der Waals surface area contributed by atoms with Gasteiger partial charge in [-0.05, 0) is 36.8 Å². The molecule has 3 aliphatic rings. The molecule has 2 N–H and O–H groups in total. The lowest BCUT2D eigenvalue weighted by atomic mass is 9.71. The number of ketones is 1. The largest absolute Gasteiger partial charge is 0.454 e. The normalized spacial score (nSPS) is 20.5. The summed E-state index contributed by atoms with van der Waals surface area (Å²) in [7, 11) is 0. The van der Waals surface area contributed by atoms with Crippen LogP contribution in [0.25, 0.3) is 0 Å². The number of ether oxygens (including phenoxy) is 2. The van der Waals surface area contributed by atoms with E-state index in [2.05, 4.69) is 4.98 Å². The molecule has 1 atom stereocenters. The predicted molar refractivity (Wildman–Crippen MR) is 102 cm³/mol. The summed E-state index contributed by atoms with van der Waals surface area (Å²) in [5.74, 6) is 1.84. The number of fused-ring (bicyclic) bond motifs is 2. The Kier molecular flexibility index (Phi) is 3.86. The van der Waals surface area contributed by atoms with Gasteiger partial charge in [-0.25, -0.2) is 9.97 Å². The first-order valence-electron chi connectivity index (χ1n) is 9.00. The molecule has 1 aromatic heterocycles. The average Bonchev–Trinajstić information content (AvgIpc) is 3.14. The number of nitrogen functional groups attached to an aromatic ring is 1. The zero-order valence-electron chi connectivity index (χ0n) is 14.9. The van der Waals surface area contributed by atoms with E-state index in [0.717, 1.165) is 41.0 Å². The highest BCUT2D eigenvalue weighted by molar-refractivity contribution is 7.98. The number of aromatic nitrogens is 2. The molecule has 6 nitrogen and oxygen atoms in total. The number of hydrogen-bond donors (Lipinski definition) is 1. The number of nitrogens with two attached hydrogens (primary N) is 1.